The number of carbonyl (C=O) groups is 1. The number of halogens is 1. The van der Waals surface area contributed by atoms with E-state index in [0.29, 0.717) is 22.0 Å². The van der Waals surface area contributed by atoms with Crippen LogP contribution in [0.4, 0.5) is 5.69 Å². The van der Waals surface area contributed by atoms with E-state index < -0.39 is 5.91 Å². The molecule has 0 radical (unpaired) electrons. The van der Waals surface area contributed by atoms with Crippen LogP contribution in [0.25, 0.3) is 6.08 Å². The van der Waals surface area contributed by atoms with Crippen LogP contribution in [0.3, 0.4) is 0 Å². The first-order valence-electron chi connectivity index (χ1n) is 7.95. The monoisotopic (exact) mass is 364 g/mol. The van der Waals surface area contributed by atoms with Crippen molar-refractivity contribution in [3.05, 3.63) is 64.2 Å². The second-order valence-corrected chi connectivity index (χ2v) is 5.76. The van der Waals surface area contributed by atoms with Gasteiger partial charge in [-0.2, -0.15) is 5.26 Å². The van der Waals surface area contributed by atoms with Crippen molar-refractivity contribution in [3.8, 4) is 24.2 Å². The number of nitriles is 1. The average molecular weight is 365 g/mol. The number of amides is 1. The van der Waals surface area contributed by atoms with Crippen LogP contribution in [0, 0.1) is 23.7 Å². The Morgan fingerprint density at radius 3 is 2.62 bits per heavy atom. The van der Waals surface area contributed by atoms with Crippen LogP contribution < -0.4 is 10.1 Å². The Morgan fingerprint density at radius 2 is 2.04 bits per heavy atom. The van der Waals surface area contributed by atoms with Crippen molar-refractivity contribution >= 4 is 29.3 Å². The second kappa shape index (κ2) is 9.32. The quantitative estimate of drug-likeness (QED) is 0.467. The highest BCUT2D eigenvalue weighted by Crippen LogP contribution is 2.26. The van der Waals surface area contributed by atoms with E-state index in [4.69, 9.17) is 22.8 Å². The lowest BCUT2D eigenvalue weighted by molar-refractivity contribution is -0.112. The molecule has 0 fully saturated rings. The lowest BCUT2D eigenvalue weighted by atomic mass is 10.1. The molecule has 5 heteroatoms. The average Bonchev–Trinajstić information content (AvgIpc) is 2.66. The third kappa shape index (κ3) is 5.14. The van der Waals surface area contributed by atoms with Crippen LogP contribution in [-0.4, -0.2) is 12.5 Å². The number of ether oxygens (including phenoxy) is 1. The molecule has 0 atom stereocenters. The van der Waals surface area contributed by atoms with Gasteiger partial charge in [-0.25, -0.2) is 0 Å². The standard InChI is InChI=1S/C21H17ClN2O2/c1-3-11-26-20-10-7-16(13-19(20)22)12-17(14-23)21(25)24-18-8-5-15(4-2)6-9-18/h1,5-10,12-13H,4,11H2,2H3,(H,24,25)/b17-12+. The van der Waals surface area contributed by atoms with E-state index in [1.807, 2.05) is 18.2 Å². The van der Waals surface area contributed by atoms with E-state index in [1.165, 1.54) is 11.6 Å². The molecular formula is C21H17ClN2O2. The summed E-state index contributed by atoms with van der Waals surface area (Å²) in [6, 6.07) is 14.3. The number of rotatable bonds is 6. The van der Waals surface area contributed by atoms with Gasteiger partial charge >= 0.3 is 0 Å². The van der Waals surface area contributed by atoms with Gasteiger partial charge in [0.2, 0.25) is 0 Å². The molecule has 0 aliphatic carbocycles. The van der Waals surface area contributed by atoms with E-state index in [9.17, 15) is 10.1 Å². The lowest BCUT2D eigenvalue weighted by Gasteiger charge is -2.07. The summed E-state index contributed by atoms with van der Waals surface area (Å²) in [5.74, 6) is 2.32. The molecule has 0 aromatic heterocycles. The molecule has 0 bridgehead atoms. The van der Waals surface area contributed by atoms with Crippen molar-refractivity contribution in [1.29, 1.82) is 5.26 Å². The van der Waals surface area contributed by atoms with Gasteiger partial charge in [0, 0.05) is 5.69 Å². The number of carbonyl (C=O) groups excluding carboxylic acids is 1. The highest BCUT2D eigenvalue weighted by molar-refractivity contribution is 6.32. The van der Waals surface area contributed by atoms with Gasteiger partial charge in [0.1, 0.15) is 24.0 Å². The molecule has 0 saturated carbocycles. The van der Waals surface area contributed by atoms with Crippen LogP contribution in [0.15, 0.2) is 48.0 Å². The van der Waals surface area contributed by atoms with Gasteiger partial charge in [-0.1, -0.05) is 42.6 Å². The number of nitrogens with zero attached hydrogens (tertiary/aromatic N) is 1. The molecule has 2 rings (SSSR count). The van der Waals surface area contributed by atoms with Crippen LogP contribution in [0.1, 0.15) is 18.1 Å². The smallest absolute Gasteiger partial charge is 0.266 e. The summed E-state index contributed by atoms with van der Waals surface area (Å²) in [4.78, 5) is 12.3. The van der Waals surface area contributed by atoms with Gasteiger partial charge in [0.15, 0.2) is 0 Å². The van der Waals surface area contributed by atoms with Crippen LogP contribution in [0.2, 0.25) is 5.02 Å². The van der Waals surface area contributed by atoms with Crippen LogP contribution >= 0.6 is 11.6 Å². The topological polar surface area (TPSA) is 62.1 Å². The third-order valence-corrected chi connectivity index (χ3v) is 3.86. The maximum Gasteiger partial charge on any atom is 0.266 e. The minimum atomic E-state index is -0.486. The Morgan fingerprint density at radius 1 is 1.31 bits per heavy atom. The van der Waals surface area contributed by atoms with E-state index >= 15 is 0 Å². The van der Waals surface area contributed by atoms with Gasteiger partial charge < -0.3 is 10.1 Å². The van der Waals surface area contributed by atoms with Crippen molar-refractivity contribution in [1.82, 2.24) is 0 Å². The lowest BCUT2D eigenvalue weighted by Crippen LogP contribution is -2.13. The highest BCUT2D eigenvalue weighted by Gasteiger charge is 2.10. The second-order valence-electron chi connectivity index (χ2n) is 5.36. The number of aryl methyl sites for hydroxylation is 1. The summed E-state index contributed by atoms with van der Waals surface area (Å²) in [7, 11) is 0. The molecule has 0 aliphatic rings. The molecule has 0 unspecified atom stereocenters. The summed E-state index contributed by atoms with van der Waals surface area (Å²) in [6.45, 7) is 2.16. The van der Waals surface area contributed by atoms with Crippen molar-refractivity contribution < 1.29 is 9.53 Å². The molecule has 0 saturated heterocycles. The number of anilines is 1. The first-order valence-corrected chi connectivity index (χ1v) is 8.33. The SMILES string of the molecule is C#CCOc1ccc(/C=C(\C#N)C(=O)Nc2ccc(CC)cc2)cc1Cl. The molecule has 1 amide bonds. The molecule has 2 aromatic carbocycles. The predicted octanol–water partition coefficient (Wildman–Crippen LogP) is 4.46. The molecule has 2 aromatic rings. The first-order chi connectivity index (χ1) is 12.6. The zero-order valence-electron chi connectivity index (χ0n) is 14.3. The van der Waals surface area contributed by atoms with E-state index in [0.717, 1.165) is 6.42 Å². The minimum Gasteiger partial charge on any atom is -0.479 e. The van der Waals surface area contributed by atoms with Gasteiger partial charge in [0.05, 0.1) is 5.02 Å². The number of nitrogens with one attached hydrogen (secondary N) is 1. The van der Waals surface area contributed by atoms with Crippen molar-refractivity contribution in [2.75, 3.05) is 11.9 Å². The van der Waals surface area contributed by atoms with E-state index in [-0.39, 0.29) is 12.2 Å². The predicted molar refractivity (Wildman–Crippen MR) is 104 cm³/mol. The van der Waals surface area contributed by atoms with Crippen LogP contribution in [0.5, 0.6) is 5.75 Å². The molecule has 0 heterocycles. The van der Waals surface area contributed by atoms with Gasteiger partial charge in [-0.05, 0) is 47.9 Å². The Hall–Kier alpha value is -3.21. The molecule has 26 heavy (non-hydrogen) atoms. The Labute approximate surface area is 158 Å². The Kier molecular flexibility index (Phi) is 6.85. The number of hydrogen-bond acceptors (Lipinski definition) is 3. The van der Waals surface area contributed by atoms with Gasteiger partial charge in [-0.15, -0.1) is 6.42 Å². The summed E-state index contributed by atoms with van der Waals surface area (Å²) >= 11 is 6.12. The fourth-order valence-electron chi connectivity index (χ4n) is 2.18. The number of hydrogen-bond donors (Lipinski definition) is 1. The fraction of sp³-hybridized carbons (Fsp3) is 0.143. The Balaban J connectivity index is 2.15. The van der Waals surface area contributed by atoms with Gasteiger partial charge in [0.25, 0.3) is 5.91 Å². The molecular weight excluding hydrogens is 348 g/mol. The summed E-state index contributed by atoms with van der Waals surface area (Å²) in [5.41, 5.74) is 2.37. The molecule has 4 nitrogen and oxygen atoms in total. The van der Waals surface area contributed by atoms with Crippen molar-refractivity contribution in [2.24, 2.45) is 0 Å². The maximum absolute atomic E-state index is 12.3. The molecule has 0 aliphatic heterocycles. The number of benzene rings is 2. The largest absolute Gasteiger partial charge is 0.479 e. The zero-order valence-corrected chi connectivity index (χ0v) is 15.0. The molecule has 0 spiro atoms. The fourth-order valence-corrected chi connectivity index (χ4v) is 2.42. The third-order valence-electron chi connectivity index (χ3n) is 3.56. The van der Waals surface area contributed by atoms with Crippen molar-refractivity contribution in [2.45, 2.75) is 13.3 Å². The van der Waals surface area contributed by atoms with Crippen LogP contribution in [-0.2, 0) is 11.2 Å². The normalized spacial score (nSPS) is 10.5. The number of terminal acetylenes is 1. The molecule has 1 N–H and O–H groups in total. The maximum atomic E-state index is 12.3. The molecule has 130 valence electrons. The van der Waals surface area contributed by atoms with E-state index in [2.05, 4.69) is 18.2 Å². The first kappa shape index (κ1) is 19.1. The Bertz CT molecular complexity index is 903. The summed E-state index contributed by atoms with van der Waals surface area (Å²) < 4.78 is 5.28. The van der Waals surface area contributed by atoms with Crippen molar-refractivity contribution in [3.63, 3.8) is 0 Å². The zero-order chi connectivity index (χ0) is 18.9. The summed E-state index contributed by atoms with van der Waals surface area (Å²) in [5, 5.41) is 12.4. The summed E-state index contributed by atoms with van der Waals surface area (Å²) in [6.07, 6.45) is 7.53. The minimum absolute atomic E-state index is 0.0297. The van der Waals surface area contributed by atoms with E-state index in [1.54, 1.807) is 30.3 Å². The van der Waals surface area contributed by atoms with Gasteiger partial charge in [-0.3, -0.25) is 4.79 Å². The highest BCUT2D eigenvalue weighted by atomic mass is 35.5.